The second-order valence-corrected chi connectivity index (χ2v) is 22.0. The molecule has 0 aliphatic heterocycles. The molecule has 0 unspecified atom stereocenters. The van der Waals surface area contributed by atoms with E-state index in [4.69, 9.17) is 0 Å². The zero-order valence-corrected chi connectivity index (χ0v) is 45.5. The van der Waals surface area contributed by atoms with Crippen molar-refractivity contribution in [2.24, 2.45) is 0 Å². The summed E-state index contributed by atoms with van der Waals surface area (Å²) in [6.07, 6.45) is 0. The van der Waals surface area contributed by atoms with Crippen molar-refractivity contribution in [1.29, 1.82) is 0 Å². The Morgan fingerprint density at radius 1 is 0.286 bits per heavy atom. The van der Waals surface area contributed by atoms with E-state index in [-0.39, 0.29) is 17.5 Å². The number of rotatable bonds is 10. The molecule has 0 bridgehead atoms. The van der Waals surface area contributed by atoms with Gasteiger partial charge in [0.2, 0.25) is 0 Å². The molecule has 0 saturated heterocycles. The first-order valence-electron chi connectivity index (χ1n) is 27.8. The van der Waals surface area contributed by atoms with Gasteiger partial charge in [-0.15, -0.1) is 0 Å². The topological polar surface area (TPSA) is 16.3 Å². The van der Waals surface area contributed by atoms with Crippen LogP contribution in [0.1, 0.15) is 25.0 Å². The van der Waals surface area contributed by atoms with Gasteiger partial charge in [-0.1, -0.05) is 98.8 Å². The van der Waals surface area contributed by atoms with Crippen LogP contribution in [0.25, 0.3) is 88.4 Å². The van der Waals surface area contributed by atoms with Crippen LogP contribution in [0, 0.1) is 29.1 Å². The fraction of sp³-hybridized carbons (Fsp3) is 0.0400. The number of para-hydroxylation sites is 2. The van der Waals surface area contributed by atoms with Crippen molar-refractivity contribution in [1.82, 2.24) is 9.13 Å². The summed E-state index contributed by atoms with van der Waals surface area (Å²) in [6, 6.07) is 82.2. The molecule has 4 nitrogen and oxygen atoms in total. The third-order valence-corrected chi connectivity index (χ3v) is 16.8. The number of fused-ring (bicyclic) bond motifs is 9. The highest BCUT2D eigenvalue weighted by atomic mass is 19.1. The van der Waals surface area contributed by atoms with Crippen LogP contribution in [-0.4, -0.2) is 9.13 Å². The monoisotopic (exact) mass is 1100 g/mol. The quantitative estimate of drug-likeness (QED) is 0.127. The summed E-state index contributed by atoms with van der Waals surface area (Å²) in [5, 5.41) is 4.16. The first-order chi connectivity index (χ1) is 40.9. The molecule has 12 aromatic carbocycles. The van der Waals surface area contributed by atoms with E-state index < -0.39 is 17.0 Å². The SMILES string of the molecule is CC1(C)c2cc(N(c3ccc(-c4ccc(F)cc4)cc3)c3ccc4c(c3)c3ccccc3n4-c3ccc(F)cc3)ccc2-c2ccc(N(c3ccc(-c4ccc(F)cc4F)cc3)c3ccc4c(c3)c3ccccc3n4-c3ccc(F)cc3)cc21. The molecule has 1 aliphatic carbocycles. The van der Waals surface area contributed by atoms with Crippen LogP contribution in [0.15, 0.2) is 261 Å². The first kappa shape index (κ1) is 50.5. The third-order valence-electron chi connectivity index (χ3n) is 16.8. The van der Waals surface area contributed by atoms with E-state index in [0.29, 0.717) is 11.1 Å². The van der Waals surface area contributed by atoms with Gasteiger partial charge in [-0.25, -0.2) is 22.0 Å². The molecule has 0 fully saturated rings. The van der Waals surface area contributed by atoms with Gasteiger partial charge in [0, 0.05) is 84.1 Å². The normalized spacial score (nSPS) is 12.6. The van der Waals surface area contributed by atoms with Crippen molar-refractivity contribution in [2.45, 2.75) is 19.3 Å². The molecule has 0 radical (unpaired) electrons. The predicted molar refractivity (Wildman–Crippen MR) is 333 cm³/mol. The van der Waals surface area contributed by atoms with E-state index in [0.717, 1.165) is 129 Å². The lowest BCUT2D eigenvalue weighted by Gasteiger charge is -2.29. The molecule has 0 amide bonds. The lowest BCUT2D eigenvalue weighted by Crippen LogP contribution is -2.17. The van der Waals surface area contributed by atoms with Crippen molar-refractivity contribution in [2.75, 3.05) is 9.80 Å². The molecular weight excluding hydrogens is 1050 g/mol. The van der Waals surface area contributed by atoms with E-state index in [9.17, 15) is 17.6 Å². The Labute approximate surface area is 481 Å². The molecule has 0 N–H and O–H groups in total. The predicted octanol–water partition coefficient (Wildman–Crippen LogP) is 21.2. The summed E-state index contributed by atoms with van der Waals surface area (Å²) in [7, 11) is 0. The number of hydrogen-bond acceptors (Lipinski definition) is 2. The van der Waals surface area contributed by atoms with E-state index in [1.807, 2.05) is 60.7 Å². The van der Waals surface area contributed by atoms with Gasteiger partial charge in [0.25, 0.3) is 0 Å². The minimum atomic E-state index is -0.637. The van der Waals surface area contributed by atoms with Gasteiger partial charge < -0.3 is 18.9 Å². The molecule has 404 valence electrons. The highest BCUT2D eigenvalue weighted by molar-refractivity contribution is 6.12. The van der Waals surface area contributed by atoms with Crippen LogP contribution in [-0.2, 0) is 5.41 Å². The second kappa shape index (κ2) is 19.6. The maximum atomic E-state index is 15.3. The van der Waals surface area contributed by atoms with Crippen molar-refractivity contribution in [3.05, 3.63) is 301 Å². The van der Waals surface area contributed by atoms with Crippen LogP contribution >= 0.6 is 0 Å². The van der Waals surface area contributed by atoms with Crippen molar-refractivity contribution in [3.63, 3.8) is 0 Å². The van der Waals surface area contributed by atoms with Gasteiger partial charge in [-0.2, -0.15) is 0 Å². The molecule has 0 saturated carbocycles. The summed E-state index contributed by atoms with van der Waals surface area (Å²) < 4.78 is 76.4. The molecule has 14 aromatic rings. The molecule has 2 aromatic heterocycles. The minimum absolute atomic E-state index is 0.288. The summed E-state index contributed by atoms with van der Waals surface area (Å²) in [6.45, 7) is 4.55. The molecule has 1 aliphatic rings. The maximum Gasteiger partial charge on any atom is 0.133 e. The smallest absolute Gasteiger partial charge is 0.133 e. The summed E-state index contributed by atoms with van der Waals surface area (Å²) >= 11 is 0. The highest BCUT2D eigenvalue weighted by Crippen LogP contribution is 2.53. The molecule has 84 heavy (non-hydrogen) atoms. The summed E-state index contributed by atoms with van der Waals surface area (Å²) in [5.41, 5.74) is 17.9. The minimum Gasteiger partial charge on any atom is -0.310 e. The van der Waals surface area contributed by atoms with Crippen LogP contribution in [0.5, 0.6) is 0 Å². The lowest BCUT2D eigenvalue weighted by atomic mass is 9.82. The Morgan fingerprint density at radius 2 is 0.631 bits per heavy atom. The molecule has 9 heteroatoms. The molecule has 0 spiro atoms. The van der Waals surface area contributed by atoms with Gasteiger partial charge in [0.1, 0.15) is 29.1 Å². The van der Waals surface area contributed by atoms with Gasteiger partial charge in [-0.3, -0.25) is 0 Å². The Balaban J connectivity index is 0.861. The van der Waals surface area contributed by atoms with E-state index in [1.54, 1.807) is 24.3 Å². The Hall–Kier alpha value is -10.5. The van der Waals surface area contributed by atoms with Gasteiger partial charge in [0.15, 0.2) is 0 Å². The molecule has 2 heterocycles. The van der Waals surface area contributed by atoms with E-state index >= 15 is 4.39 Å². The van der Waals surface area contributed by atoms with Crippen molar-refractivity contribution in [3.8, 4) is 44.8 Å². The fourth-order valence-electron chi connectivity index (χ4n) is 12.8. The van der Waals surface area contributed by atoms with E-state index in [2.05, 4.69) is 154 Å². The number of hydrogen-bond donors (Lipinski definition) is 0. The number of nitrogens with zero attached hydrogens (tertiary/aromatic N) is 4. The van der Waals surface area contributed by atoms with Gasteiger partial charge in [0.05, 0.1) is 22.1 Å². The average Bonchev–Trinajstić information content (AvgIpc) is 1.90. The van der Waals surface area contributed by atoms with Crippen LogP contribution in [0.3, 0.4) is 0 Å². The van der Waals surface area contributed by atoms with Gasteiger partial charge >= 0.3 is 0 Å². The van der Waals surface area contributed by atoms with Crippen LogP contribution < -0.4 is 9.80 Å². The second-order valence-electron chi connectivity index (χ2n) is 22.0. The molecule has 15 rings (SSSR count). The first-order valence-corrected chi connectivity index (χ1v) is 27.8. The Kier molecular flexibility index (Phi) is 11.8. The van der Waals surface area contributed by atoms with Crippen LogP contribution in [0.2, 0.25) is 0 Å². The number of anilines is 6. The standard InChI is InChI=1S/C75H49F5N4/c1-75(2)68-44-59(81(53-24-13-47(14-25-53)46-11-17-49(76)18-12-46)57-34-39-73-66(42-57)64-7-3-5-9-71(64)83(73)55-28-19-50(77)20-29-55)32-37-62(68)63-38-33-60(45-69(63)75)82(54-26-15-48(16-27-54)61-36-23-52(79)41-70(61)80)58-35-40-74-67(43-58)65-8-4-6-10-72(65)84(74)56-30-21-51(78)22-31-56/h3-45H,1-2H3. The highest BCUT2D eigenvalue weighted by Gasteiger charge is 2.37. The number of halogens is 5. The Bertz CT molecular complexity index is 4910. The van der Waals surface area contributed by atoms with Gasteiger partial charge in [-0.05, 0) is 209 Å². The maximum absolute atomic E-state index is 15.3. The average molecular weight is 1100 g/mol. The van der Waals surface area contributed by atoms with Crippen molar-refractivity contribution < 1.29 is 22.0 Å². The number of benzene rings is 12. The van der Waals surface area contributed by atoms with Crippen LogP contribution in [0.4, 0.5) is 56.1 Å². The fourth-order valence-corrected chi connectivity index (χ4v) is 12.8. The largest absolute Gasteiger partial charge is 0.310 e. The van der Waals surface area contributed by atoms with Crippen molar-refractivity contribution >= 4 is 77.7 Å². The summed E-state index contributed by atoms with van der Waals surface area (Å²) in [4.78, 5) is 4.51. The molecule has 0 atom stereocenters. The molecular formula is C75H49F5N4. The lowest BCUT2D eigenvalue weighted by molar-refractivity contribution is 0.585. The summed E-state index contributed by atoms with van der Waals surface area (Å²) in [5.74, 6) is -2.16. The Morgan fingerprint density at radius 3 is 1.08 bits per heavy atom. The zero-order chi connectivity index (χ0) is 57.0. The third kappa shape index (κ3) is 8.33. The zero-order valence-electron chi connectivity index (χ0n) is 45.5. The number of aromatic nitrogens is 2. The van der Waals surface area contributed by atoms with E-state index in [1.165, 1.54) is 48.5 Å².